The van der Waals surface area contributed by atoms with Gasteiger partial charge < -0.3 is 9.47 Å². The highest BCUT2D eigenvalue weighted by Gasteiger charge is 2.48. The highest BCUT2D eigenvalue weighted by atomic mass is 16.6. The minimum Gasteiger partial charge on any atom is -0.462 e. The van der Waals surface area contributed by atoms with Gasteiger partial charge in [-0.25, -0.2) is 4.79 Å². The summed E-state index contributed by atoms with van der Waals surface area (Å²) >= 11 is 0. The molecule has 0 bridgehead atoms. The molecule has 0 radical (unpaired) electrons. The summed E-state index contributed by atoms with van der Waals surface area (Å²) in [4.78, 5) is 24.1. The number of carbonyl (C=O) groups is 2. The summed E-state index contributed by atoms with van der Waals surface area (Å²) in [5.74, 6) is 0.356. The first-order chi connectivity index (χ1) is 9.39. The highest BCUT2D eigenvalue weighted by molar-refractivity contribution is 5.82. The molecule has 2 aliphatic rings. The molecule has 0 aromatic rings. The van der Waals surface area contributed by atoms with Gasteiger partial charge in [0.25, 0.3) is 0 Å². The molecule has 4 atom stereocenters. The first-order valence-corrected chi connectivity index (χ1v) is 7.76. The van der Waals surface area contributed by atoms with Crippen molar-refractivity contribution in [3.8, 4) is 0 Å². The van der Waals surface area contributed by atoms with Gasteiger partial charge in [0, 0.05) is 5.41 Å². The molecular weight excluding hydrogens is 256 g/mol. The molecule has 1 heterocycles. The zero-order valence-electron chi connectivity index (χ0n) is 13.0. The molecule has 1 aliphatic carbocycles. The third-order valence-electron chi connectivity index (χ3n) is 4.94. The quantitative estimate of drug-likeness (QED) is 0.744. The van der Waals surface area contributed by atoms with Gasteiger partial charge in [0.15, 0.2) is 0 Å². The Labute approximate surface area is 121 Å². The number of carbonyl (C=O) groups excluding carboxylic acids is 2. The van der Waals surface area contributed by atoms with Crippen molar-refractivity contribution in [1.82, 2.24) is 0 Å². The van der Waals surface area contributed by atoms with Crippen molar-refractivity contribution in [2.75, 3.05) is 6.61 Å². The maximum Gasteiger partial charge on any atom is 0.348 e. The van der Waals surface area contributed by atoms with Gasteiger partial charge in [0.2, 0.25) is 6.10 Å². The number of esters is 2. The van der Waals surface area contributed by atoms with E-state index in [0.29, 0.717) is 18.4 Å². The van der Waals surface area contributed by atoms with Gasteiger partial charge in [-0.3, -0.25) is 4.79 Å². The Hall–Kier alpha value is -1.06. The number of cyclic esters (lactones) is 1. The molecular formula is C16H26O4. The normalized spacial score (nSPS) is 35.9. The lowest BCUT2D eigenvalue weighted by atomic mass is 9.89. The molecule has 114 valence electrons. The van der Waals surface area contributed by atoms with Crippen LogP contribution in [0.4, 0.5) is 0 Å². The monoisotopic (exact) mass is 282 g/mol. The smallest absolute Gasteiger partial charge is 0.348 e. The second kappa shape index (κ2) is 5.74. The third kappa shape index (κ3) is 2.84. The van der Waals surface area contributed by atoms with Crippen LogP contribution in [0.1, 0.15) is 53.4 Å². The fourth-order valence-corrected chi connectivity index (χ4v) is 3.45. The van der Waals surface area contributed by atoms with Crippen LogP contribution in [0.3, 0.4) is 0 Å². The molecule has 4 heteroatoms. The van der Waals surface area contributed by atoms with Gasteiger partial charge >= 0.3 is 11.9 Å². The van der Waals surface area contributed by atoms with Gasteiger partial charge in [0.1, 0.15) is 6.61 Å². The van der Waals surface area contributed by atoms with Crippen molar-refractivity contribution < 1.29 is 19.1 Å². The molecule has 1 saturated heterocycles. The fourth-order valence-electron chi connectivity index (χ4n) is 3.45. The van der Waals surface area contributed by atoms with E-state index in [2.05, 4.69) is 13.8 Å². The Morgan fingerprint density at radius 1 is 1.30 bits per heavy atom. The standard InChI is InChI=1S/C16H26O4/c1-5-10-7-11(6-2)12(8-10)14(17)20-13-15(18)19-9-16(13,3)4/h10-13H,5-9H2,1-4H3. The zero-order valence-corrected chi connectivity index (χ0v) is 13.0. The lowest BCUT2D eigenvalue weighted by Crippen LogP contribution is -2.37. The molecule has 2 rings (SSSR count). The van der Waals surface area contributed by atoms with Crippen LogP contribution in [0, 0.1) is 23.2 Å². The van der Waals surface area contributed by atoms with E-state index in [-0.39, 0.29) is 11.9 Å². The van der Waals surface area contributed by atoms with Crippen LogP contribution in [0.2, 0.25) is 0 Å². The van der Waals surface area contributed by atoms with Gasteiger partial charge in [-0.15, -0.1) is 0 Å². The molecule has 2 fully saturated rings. The van der Waals surface area contributed by atoms with Gasteiger partial charge in [-0.05, 0) is 24.7 Å². The van der Waals surface area contributed by atoms with Crippen LogP contribution in [0.25, 0.3) is 0 Å². The van der Waals surface area contributed by atoms with Gasteiger partial charge in [-0.2, -0.15) is 0 Å². The number of hydrogen-bond donors (Lipinski definition) is 0. The Balaban J connectivity index is 2.02. The molecule has 4 nitrogen and oxygen atoms in total. The van der Waals surface area contributed by atoms with Crippen molar-refractivity contribution in [3.63, 3.8) is 0 Å². The van der Waals surface area contributed by atoms with Crippen LogP contribution in [0.15, 0.2) is 0 Å². The average Bonchev–Trinajstić information content (AvgIpc) is 2.94. The maximum atomic E-state index is 12.4. The van der Waals surface area contributed by atoms with Crippen LogP contribution in [-0.2, 0) is 19.1 Å². The van der Waals surface area contributed by atoms with E-state index < -0.39 is 17.5 Å². The Morgan fingerprint density at radius 3 is 2.50 bits per heavy atom. The Kier molecular flexibility index (Phi) is 4.40. The van der Waals surface area contributed by atoms with Gasteiger partial charge in [0.05, 0.1) is 5.92 Å². The molecule has 0 amide bonds. The van der Waals surface area contributed by atoms with Crippen LogP contribution >= 0.6 is 0 Å². The summed E-state index contributed by atoms with van der Waals surface area (Å²) in [5, 5.41) is 0. The number of hydrogen-bond acceptors (Lipinski definition) is 4. The number of rotatable bonds is 4. The zero-order chi connectivity index (χ0) is 14.9. The SMILES string of the molecule is CCC1CC(CC)C(C(=O)OC2C(=O)OCC2(C)C)C1. The van der Waals surface area contributed by atoms with Gasteiger partial charge in [-0.1, -0.05) is 40.5 Å². The van der Waals surface area contributed by atoms with E-state index in [1.165, 1.54) is 0 Å². The second-order valence-electron chi connectivity index (χ2n) is 6.93. The summed E-state index contributed by atoms with van der Waals surface area (Å²) in [6, 6.07) is 0. The summed E-state index contributed by atoms with van der Waals surface area (Å²) in [5.41, 5.74) is -0.419. The summed E-state index contributed by atoms with van der Waals surface area (Å²) < 4.78 is 10.6. The van der Waals surface area contributed by atoms with Crippen molar-refractivity contribution in [1.29, 1.82) is 0 Å². The van der Waals surface area contributed by atoms with Crippen molar-refractivity contribution in [2.45, 2.75) is 59.5 Å². The summed E-state index contributed by atoms with van der Waals surface area (Å²) in [6.45, 7) is 8.41. The predicted octanol–water partition coefficient (Wildman–Crippen LogP) is 2.94. The molecule has 20 heavy (non-hydrogen) atoms. The third-order valence-corrected chi connectivity index (χ3v) is 4.94. The second-order valence-corrected chi connectivity index (χ2v) is 6.93. The minimum absolute atomic E-state index is 0.0471. The van der Waals surface area contributed by atoms with E-state index in [9.17, 15) is 9.59 Å². The molecule has 0 aromatic heterocycles. The van der Waals surface area contributed by atoms with Crippen molar-refractivity contribution in [2.24, 2.45) is 23.2 Å². The predicted molar refractivity (Wildman–Crippen MR) is 74.9 cm³/mol. The number of ether oxygens (including phenoxy) is 2. The lowest BCUT2D eigenvalue weighted by Gasteiger charge is -2.24. The van der Waals surface area contributed by atoms with E-state index in [4.69, 9.17) is 9.47 Å². The average molecular weight is 282 g/mol. The van der Waals surface area contributed by atoms with Crippen LogP contribution in [-0.4, -0.2) is 24.6 Å². The fraction of sp³-hybridized carbons (Fsp3) is 0.875. The van der Waals surface area contributed by atoms with Crippen molar-refractivity contribution in [3.05, 3.63) is 0 Å². The van der Waals surface area contributed by atoms with E-state index in [1.54, 1.807) is 0 Å². The largest absolute Gasteiger partial charge is 0.462 e. The first kappa shape index (κ1) is 15.3. The van der Waals surface area contributed by atoms with Crippen molar-refractivity contribution >= 4 is 11.9 Å². The van der Waals surface area contributed by atoms with E-state index in [1.807, 2.05) is 13.8 Å². The van der Waals surface area contributed by atoms with Crippen LogP contribution < -0.4 is 0 Å². The lowest BCUT2D eigenvalue weighted by molar-refractivity contribution is -0.167. The Morgan fingerprint density at radius 2 is 2.00 bits per heavy atom. The highest BCUT2D eigenvalue weighted by Crippen LogP contribution is 2.41. The molecule has 0 N–H and O–H groups in total. The summed E-state index contributed by atoms with van der Waals surface area (Å²) in [6.07, 6.45) is 3.36. The Bertz CT molecular complexity index is 388. The van der Waals surface area contributed by atoms with E-state index >= 15 is 0 Å². The topological polar surface area (TPSA) is 52.6 Å². The summed E-state index contributed by atoms with van der Waals surface area (Å²) in [7, 11) is 0. The molecule has 0 spiro atoms. The van der Waals surface area contributed by atoms with Crippen LogP contribution in [0.5, 0.6) is 0 Å². The van der Waals surface area contributed by atoms with E-state index in [0.717, 1.165) is 25.7 Å². The molecule has 1 saturated carbocycles. The minimum atomic E-state index is -0.742. The maximum absolute atomic E-state index is 12.4. The molecule has 1 aliphatic heterocycles. The molecule has 4 unspecified atom stereocenters. The molecule has 0 aromatic carbocycles. The first-order valence-electron chi connectivity index (χ1n) is 7.76.